The molecule has 0 atom stereocenters. The third-order valence-corrected chi connectivity index (χ3v) is 3.26. The molecule has 0 aliphatic carbocycles. The first-order chi connectivity index (χ1) is 7.69. The second-order valence-electron chi connectivity index (χ2n) is 3.95. The monoisotopic (exact) mass is 230 g/mol. The van der Waals surface area contributed by atoms with E-state index in [0.717, 1.165) is 13.0 Å². The Bertz CT molecular complexity index is 454. The number of nitrogens with two attached hydrogens (primary N) is 1. The van der Waals surface area contributed by atoms with Gasteiger partial charge in [-0.15, -0.1) is 11.8 Å². The van der Waals surface area contributed by atoms with Crippen molar-refractivity contribution in [2.75, 3.05) is 13.3 Å². The minimum Gasteiger partial charge on any atom is -0.421 e. The van der Waals surface area contributed by atoms with Crippen molar-refractivity contribution in [2.45, 2.75) is 4.90 Å². The summed E-state index contributed by atoms with van der Waals surface area (Å²) in [5.74, 6) is 0. The van der Waals surface area contributed by atoms with Gasteiger partial charge in [0.2, 0.25) is 0 Å². The molecule has 0 amide bonds. The van der Waals surface area contributed by atoms with Gasteiger partial charge in [-0.25, -0.2) is 0 Å². The average Bonchev–Trinajstić information content (AvgIpc) is 2.28. The Morgan fingerprint density at radius 2 is 2.19 bits per heavy atom. The molecule has 4 heteroatoms. The van der Waals surface area contributed by atoms with Gasteiger partial charge < -0.3 is 10.5 Å². The standard InChI is InChI=1S/C12H15BN2S/c1-15-8-10(7-12(14)13-15)9-4-3-5-11(6-9)16-2/h3-8,13H,14H2,1-2H3. The predicted molar refractivity (Wildman–Crippen MR) is 73.4 cm³/mol. The summed E-state index contributed by atoms with van der Waals surface area (Å²) >= 11 is 1.76. The molecule has 0 radical (unpaired) electrons. The molecule has 1 aliphatic rings. The van der Waals surface area contributed by atoms with Crippen LogP contribution < -0.4 is 5.73 Å². The van der Waals surface area contributed by atoms with Gasteiger partial charge in [0.1, 0.15) is 0 Å². The number of allylic oxidation sites excluding steroid dienone is 2. The Morgan fingerprint density at radius 1 is 1.38 bits per heavy atom. The van der Waals surface area contributed by atoms with E-state index in [0.29, 0.717) is 0 Å². The van der Waals surface area contributed by atoms with E-state index in [9.17, 15) is 0 Å². The van der Waals surface area contributed by atoms with E-state index in [4.69, 9.17) is 5.73 Å². The van der Waals surface area contributed by atoms with Crippen LogP contribution in [0.4, 0.5) is 0 Å². The Morgan fingerprint density at radius 3 is 2.88 bits per heavy atom. The number of hydrogen-bond donors (Lipinski definition) is 1. The molecule has 82 valence electrons. The van der Waals surface area contributed by atoms with Gasteiger partial charge in [0.25, 0.3) is 7.41 Å². The predicted octanol–water partition coefficient (Wildman–Crippen LogP) is 1.85. The number of hydrogen-bond acceptors (Lipinski definition) is 3. The molecule has 0 aromatic heterocycles. The maximum absolute atomic E-state index is 5.90. The number of benzene rings is 1. The third-order valence-electron chi connectivity index (χ3n) is 2.54. The fourth-order valence-corrected chi connectivity index (χ4v) is 2.27. The average molecular weight is 230 g/mol. The molecule has 0 spiro atoms. The van der Waals surface area contributed by atoms with Crippen molar-refractivity contribution in [1.29, 1.82) is 0 Å². The zero-order valence-corrected chi connectivity index (χ0v) is 10.4. The summed E-state index contributed by atoms with van der Waals surface area (Å²) in [4.78, 5) is 3.38. The molecule has 2 nitrogen and oxygen atoms in total. The molecule has 1 aliphatic heterocycles. The molecule has 0 saturated carbocycles. The van der Waals surface area contributed by atoms with E-state index in [-0.39, 0.29) is 0 Å². The van der Waals surface area contributed by atoms with Crippen LogP contribution in [0, 0.1) is 0 Å². The second kappa shape index (κ2) is 4.70. The van der Waals surface area contributed by atoms with Crippen molar-refractivity contribution in [3.63, 3.8) is 0 Å². The molecule has 1 heterocycles. The highest BCUT2D eigenvalue weighted by molar-refractivity contribution is 7.98. The van der Waals surface area contributed by atoms with Crippen molar-refractivity contribution < 1.29 is 0 Å². The number of nitrogens with zero attached hydrogens (tertiary/aromatic N) is 1. The Balaban J connectivity index is 2.36. The summed E-state index contributed by atoms with van der Waals surface area (Å²) in [5.41, 5.74) is 9.21. The minimum absolute atomic E-state index is 0.811. The molecule has 16 heavy (non-hydrogen) atoms. The molecule has 2 rings (SSSR count). The topological polar surface area (TPSA) is 29.3 Å². The van der Waals surface area contributed by atoms with Crippen molar-refractivity contribution in [2.24, 2.45) is 5.73 Å². The van der Waals surface area contributed by atoms with Crippen LogP contribution in [0.25, 0.3) is 5.57 Å². The fourth-order valence-electron chi connectivity index (χ4n) is 1.81. The lowest BCUT2D eigenvalue weighted by Gasteiger charge is -2.20. The summed E-state index contributed by atoms with van der Waals surface area (Å²) in [6.45, 7) is 0. The van der Waals surface area contributed by atoms with Crippen LogP contribution in [-0.4, -0.2) is 25.5 Å². The molecule has 0 fully saturated rings. The summed E-state index contributed by atoms with van der Waals surface area (Å²) < 4.78 is 0. The van der Waals surface area contributed by atoms with Crippen molar-refractivity contribution in [3.8, 4) is 0 Å². The first-order valence-corrected chi connectivity index (χ1v) is 6.44. The highest BCUT2D eigenvalue weighted by Crippen LogP contribution is 2.24. The maximum atomic E-state index is 5.90. The van der Waals surface area contributed by atoms with Gasteiger partial charge in [0, 0.05) is 4.90 Å². The first kappa shape index (κ1) is 11.2. The van der Waals surface area contributed by atoms with Crippen LogP contribution in [0.1, 0.15) is 5.56 Å². The Kier molecular flexibility index (Phi) is 3.29. The van der Waals surface area contributed by atoms with Crippen LogP contribution in [-0.2, 0) is 0 Å². The number of rotatable bonds is 2. The molecule has 1 aromatic carbocycles. The van der Waals surface area contributed by atoms with E-state index in [1.807, 2.05) is 7.05 Å². The summed E-state index contributed by atoms with van der Waals surface area (Å²) in [5, 5.41) is 0. The van der Waals surface area contributed by atoms with Crippen molar-refractivity contribution in [1.82, 2.24) is 4.81 Å². The lowest BCUT2D eigenvalue weighted by Crippen LogP contribution is -2.26. The Labute approximate surface area is 101 Å². The van der Waals surface area contributed by atoms with Gasteiger partial charge in [-0.05, 0) is 54.4 Å². The van der Waals surface area contributed by atoms with Crippen LogP contribution in [0.2, 0.25) is 0 Å². The lowest BCUT2D eigenvalue weighted by molar-refractivity contribution is 0.732. The highest BCUT2D eigenvalue weighted by atomic mass is 32.2. The number of thioether (sulfide) groups is 1. The zero-order valence-electron chi connectivity index (χ0n) is 9.60. The largest absolute Gasteiger partial charge is 0.421 e. The SMILES string of the molecule is CSc1cccc(C2=CN(C)BC(N)=C2)c1. The van der Waals surface area contributed by atoms with Crippen LogP contribution in [0.5, 0.6) is 0 Å². The summed E-state index contributed by atoms with van der Waals surface area (Å²) in [6.07, 6.45) is 6.28. The molecular weight excluding hydrogens is 215 g/mol. The van der Waals surface area contributed by atoms with Gasteiger partial charge in [0.15, 0.2) is 0 Å². The zero-order chi connectivity index (χ0) is 11.5. The first-order valence-electron chi connectivity index (χ1n) is 5.21. The smallest absolute Gasteiger partial charge is 0.287 e. The lowest BCUT2D eigenvalue weighted by atomic mass is 9.82. The molecule has 0 bridgehead atoms. The van der Waals surface area contributed by atoms with Crippen molar-refractivity contribution in [3.05, 3.63) is 47.7 Å². The van der Waals surface area contributed by atoms with Crippen LogP contribution in [0.15, 0.2) is 47.0 Å². The van der Waals surface area contributed by atoms with E-state index in [1.54, 1.807) is 11.8 Å². The minimum atomic E-state index is 0.811. The molecule has 0 saturated heterocycles. The van der Waals surface area contributed by atoms with E-state index in [1.165, 1.54) is 16.0 Å². The highest BCUT2D eigenvalue weighted by Gasteiger charge is 2.10. The maximum Gasteiger partial charge on any atom is 0.287 e. The van der Waals surface area contributed by atoms with Gasteiger partial charge >= 0.3 is 0 Å². The van der Waals surface area contributed by atoms with Crippen LogP contribution >= 0.6 is 11.8 Å². The summed E-state index contributed by atoms with van der Waals surface area (Å²) in [7, 11) is 2.85. The van der Waals surface area contributed by atoms with Gasteiger partial charge in [-0.3, -0.25) is 0 Å². The molecule has 2 N–H and O–H groups in total. The normalized spacial score (nSPS) is 15.2. The second-order valence-corrected chi connectivity index (χ2v) is 4.83. The van der Waals surface area contributed by atoms with E-state index in [2.05, 4.69) is 47.6 Å². The third kappa shape index (κ3) is 2.45. The Hall–Kier alpha value is -1.29. The molecular formula is C12H15BN2S. The van der Waals surface area contributed by atoms with E-state index >= 15 is 0 Å². The molecule has 1 aromatic rings. The fraction of sp³-hybridized carbons (Fsp3) is 0.167. The van der Waals surface area contributed by atoms with E-state index < -0.39 is 0 Å². The van der Waals surface area contributed by atoms with Gasteiger partial charge in [0.05, 0.1) is 0 Å². The summed E-state index contributed by atoms with van der Waals surface area (Å²) in [6, 6.07) is 8.52. The van der Waals surface area contributed by atoms with Gasteiger partial charge in [-0.1, -0.05) is 12.1 Å². The van der Waals surface area contributed by atoms with Gasteiger partial charge in [-0.2, -0.15) is 0 Å². The quantitative estimate of drug-likeness (QED) is 0.621. The van der Waals surface area contributed by atoms with Crippen molar-refractivity contribution >= 4 is 24.7 Å². The van der Waals surface area contributed by atoms with Crippen LogP contribution in [0.3, 0.4) is 0 Å². The molecule has 0 unspecified atom stereocenters.